The summed E-state index contributed by atoms with van der Waals surface area (Å²) in [5.74, 6) is 2.26. The highest BCUT2D eigenvalue weighted by atomic mass is 16.5. The van der Waals surface area contributed by atoms with Crippen LogP contribution in [0.25, 0.3) is 0 Å². The van der Waals surface area contributed by atoms with Crippen LogP contribution in [0.4, 0.5) is 0 Å². The third kappa shape index (κ3) is 5.92. The van der Waals surface area contributed by atoms with Gasteiger partial charge in [-0.25, -0.2) is 4.79 Å². The topological polar surface area (TPSA) is 97.8 Å². The average molecular weight is 593 g/mol. The van der Waals surface area contributed by atoms with Gasteiger partial charge in [-0.3, -0.25) is 9.69 Å². The van der Waals surface area contributed by atoms with Crippen LogP contribution in [0.2, 0.25) is 0 Å². The number of aliphatic carboxylic acids is 1. The van der Waals surface area contributed by atoms with E-state index in [1.165, 1.54) is 24.1 Å². The molecule has 9 heteroatoms. The van der Waals surface area contributed by atoms with Crippen molar-refractivity contribution in [3.8, 4) is 23.0 Å². The number of benzene rings is 2. The number of carboxylic acids is 1. The number of hydrogen-bond acceptors (Lipinski definition) is 7. The fourth-order valence-corrected chi connectivity index (χ4v) is 7.42. The lowest BCUT2D eigenvalue weighted by atomic mass is 9.72. The molecule has 3 aliphatic rings. The Morgan fingerprint density at radius 3 is 2.00 bits per heavy atom. The van der Waals surface area contributed by atoms with Crippen molar-refractivity contribution in [2.45, 2.75) is 58.0 Å². The van der Waals surface area contributed by atoms with Crippen LogP contribution >= 0.6 is 0 Å². The zero-order valence-electron chi connectivity index (χ0n) is 26.1. The van der Waals surface area contributed by atoms with Crippen molar-refractivity contribution in [2.24, 2.45) is 11.8 Å². The predicted octanol–water partition coefficient (Wildman–Crippen LogP) is 5.21. The normalized spacial score (nSPS) is 23.5. The first kappa shape index (κ1) is 30.7. The molecule has 1 saturated heterocycles. The molecule has 9 nitrogen and oxygen atoms in total. The highest BCUT2D eigenvalue weighted by molar-refractivity contribution is 5.97. The zero-order chi connectivity index (χ0) is 30.8. The van der Waals surface area contributed by atoms with Crippen LogP contribution in [0.15, 0.2) is 35.9 Å². The van der Waals surface area contributed by atoms with Crippen LogP contribution < -0.4 is 18.9 Å². The fraction of sp³-hybridized carbons (Fsp3) is 0.529. The number of carbonyl (C=O) groups is 2. The van der Waals surface area contributed by atoms with E-state index in [1.54, 1.807) is 28.4 Å². The second kappa shape index (κ2) is 12.9. The minimum Gasteiger partial charge on any atom is -0.493 e. The summed E-state index contributed by atoms with van der Waals surface area (Å²) in [6.45, 7) is 6.23. The van der Waals surface area contributed by atoms with Gasteiger partial charge in [0, 0.05) is 37.3 Å². The number of nitrogens with zero attached hydrogens (tertiary/aromatic N) is 2. The molecule has 5 rings (SSSR count). The van der Waals surface area contributed by atoms with Crippen LogP contribution in [0.1, 0.15) is 67.4 Å². The standard InChI is InChI=1S/C34H44N2O7/c1-7-21-19-35-10-8-22-15-29(40-3)31(42-5)17-25(22)27(35)13-24(21)14-28-26-18-32(43-6)30(41-4)16-23(26)9-11-36(28)33(37)12-20(2)34(38)39/h12,15-18,21,24,27-28H,7-11,13-14,19H2,1-6H3,(H,38,39). The molecule has 0 spiro atoms. The molecule has 2 aromatic rings. The molecule has 0 aromatic heterocycles. The van der Waals surface area contributed by atoms with Gasteiger partial charge in [-0.05, 0) is 91.0 Å². The number of piperidine rings is 1. The molecule has 0 saturated carbocycles. The van der Waals surface area contributed by atoms with Gasteiger partial charge in [0.15, 0.2) is 23.0 Å². The van der Waals surface area contributed by atoms with Gasteiger partial charge in [0.05, 0.1) is 34.5 Å². The Morgan fingerprint density at radius 1 is 0.860 bits per heavy atom. The molecule has 43 heavy (non-hydrogen) atoms. The fourth-order valence-electron chi connectivity index (χ4n) is 7.42. The summed E-state index contributed by atoms with van der Waals surface area (Å²) >= 11 is 0. The molecule has 1 fully saturated rings. The monoisotopic (exact) mass is 592 g/mol. The smallest absolute Gasteiger partial charge is 0.331 e. The molecule has 232 valence electrons. The molecule has 1 amide bonds. The van der Waals surface area contributed by atoms with Gasteiger partial charge in [0.25, 0.3) is 0 Å². The first-order valence-electron chi connectivity index (χ1n) is 15.2. The number of carboxylic acid groups (broad SMARTS) is 1. The van der Waals surface area contributed by atoms with Gasteiger partial charge in [0.1, 0.15) is 0 Å². The van der Waals surface area contributed by atoms with Crippen molar-refractivity contribution >= 4 is 11.9 Å². The maximum Gasteiger partial charge on any atom is 0.331 e. The summed E-state index contributed by atoms with van der Waals surface area (Å²) in [4.78, 5) is 29.7. The molecule has 4 unspecified atom stereocenters. The van der Waals surface area contributed by atoms with Gasteiger partial charge >= 0.3 is 5.97 Å². The quantitative estimate of drug-likeness (QED) is 0.396. The highest BCUT2D eigenvalue weighted by Gasteiger charge is 2.42. The van der Waals surface area contributed by atoms with Gasteiger partial charge in [-0.15, -0.1) is 0 Å². The molecule has 0 aliphatic carbocycles. The summed E-state index contributed by atoms with van der Waals surface area (Å²) < 4.78 is 22.6. The van der Waals surface area contributed by atoms with Crippen molar-refractivity contribution in [1.82, 2.24) is 9.80 Å². The molecule has 2 aromatic carbocycles. The Kier molecular flexibility index (Phi) is 9.20. The lowest BCUT2D eigenvalue weighted by molar-refractivity contribution is -0.134. The molecule has 0 bridgehead atoms. The van der Waals surface area contributed by atoms with Crippen molar-refractivity contribution in [3.05, 3.63) is 58.2 Å². The molecule has 0 radical (unpaired) electrons. The molecule has 1 N–H and O–H groups in total. The maximum atomic E-state index is 13.6. The lowest BCUT2D eigenvalue weighted by Crippen LogP contribution is -2.47. The maximum absolute atomic E-state index is 13.6. The van der Waals surface area contributed by atoms with E-state index in [0.717, 1.165) is 61.4 Å². The number of carbonyl (C=O) groups excluding carboxylic acids is 1. The zero-order valence-corrected chi connectivity index (χ0v) is 26.1. The van der Waals surface area contributed by atoms with Crippen LogP contribution in [0, 0.1) is 11.8 Å². The van der Waals surface area contributed by atoms with E-state index in [2.05, 4.69) is 24.0 Å². The van der Waals surface area contributed by atoms with E-state index in [1.807, 2.05) is 17.0 Å². The number of methoxy groups -OCH3 is 4. The van der Waals surface area contributed by atoms with E-state index < -0.39 is 5.97 Å². The summed E-state index contributed by atoms with van der Waals surface area (Å²) in [5, 5.41) is 9.48. The third-order valence-electron chi connectivity index (χ3n) is 9.79. The Hall–Kier alpha value is -3.72. The van der Waals surface area contributed by atoms with E-state index in [-0.39, 0.29) is 23.6 Å². The molecule has 3 heterocycles. The first-order chi connectivity index (χ1) is 20.7. The number of fused-ring (bicyclic) bond motifs is 4. The summed E-state index contributed by atoms with van der Waals surface area (Å²) in [6, 6.07) is 8.35. The van der Waals surface area contributed by atoms with Crippen LogP contribution in [0.5, 0.6) is 23.0 Å². The first-order valence-corrected chi connectivity index (χ1v) is 15.2. The molecular formula is C34H44N2O7. The molecule has 4 atom stereocenters. The Labute approximate surface area is 254 Å². The van der Waals surface area contributed by atoms with Crippen molar-refractivity contribution in [1.29, 1.82) is 0 Å². The predicted molar refractivity (Wildman–Crippen MR) is 163 cm³/mol. The van der Waals surface area contributed by atoms with E-state index in [0.29, 0.717) is 36.3 Å². The average Bonchev–Trinajstić information content (AvgIpc) is 3.02. The molecule has 3 aliphatic heterocycles. The van der Waals surface area contributed by atoms with E-state index >= 15 is 0 Å². The number of hydrogen-bond donors (Lipinski definition) is 1. The number of ether oxygens (including phenoxy) is 4. The van der Waals surface area contributed by atoms with Crippen LogP contribution in [-0.4, -0.2) is 74.9 Å². The molecular weight excluding hydrogens is 548 g/mol. The largest absolute Gasteiger partial charge is 0.493 e. The van der Waals surface area contributed by atoms with E-state index in [9.17, 15) is 14.7 Å². The van der Waals surface area contributed by atoms with Crippen molar-refractivity contribution in [2.75, 3.05) is 48.1 Å². The van der Waals surface area contributed by atoms with Crippen molar-refractivity contribution < 1.29 is 33.6 Å². The second-order valence-corrected chi connectivity index (χ2v) is 11.9. The summed E-state index contributed by atoms with van der Waals surface area (Å²) in [6.07, 6.45) is 5.68. The third-order valence-corrected chi connectivity index (χ3v) is 9.79. The van der Waals surface area contributed by atoms with Gasteiger partial charge in [0.2, 0.25) is 5.91 Å². The van der Waals surface area contributed by atoms with E-state index in [4.69, 9.17) is 18.9 Å². The van der Waals surface area contributed by atoms with Crippen LogP contribution in [0.3, 0.4) is 0 Å². The Bertz CT molecular complexity index is 1400. The minimum atomic E-state index is -1.09. The lowest BCUT2D eigenvalue weighted by Gasteiger charge is -2.49. The Balaban J connectivity index is 1.53. The number of rotatable bonds is 9. The van der Waals surface area contributed by atoms with Gasteiger partial charge in [-0.1, -0.05) is 13.3 Å². The minimum absolute atomic E-state index is 0.0322. The summed E-state index contributed by atoms with van der Waals surface area (Å²) in [5.41, 5.74) is 4.82. The Morgan fingerprint density at radius 2 is 1.42 bits per heavy atom. The van der Waals surface area contributed by atoms with Crippen LogP contribution in [-0.2, 0) is 22.4 Å². The van der Waals surface area contributed by atoms with Gasteiger partial charge in [-0.2, -0.15) is 0 Å². The van der Waals surface area contributed by atoms with Gasteiger partial charge < -0.3 is 29.0 Å². The highest BCUT2D eigenvalue weighted by Crippen LogP contribution is 2.49. The summed E-state index contributed by atoms with van der Waals surface area (Å²) in [7, 11) is 6.61. The number of amides is 1. The SMILES string of the molecule is CCC1CN2CCc3cc(OC)c(OC)cc3C2CC1CC1c2cc(OC)c(OC)cc2CCN1C(=O)C=C(C)C(=O)O. The van der Waals surface area contributed by atoms with Crippen molar-refractivity contribution in [3.63, 3.8) is 0 Å². The second-order valence-electron chi connectivity index (χ2n) is 11.9.